The van der Waals surface area contributed by atoms with Gasteiger partial charge in [-0.05, 0) is 76.2 Å². The first-order valence-electron chi connectivity index (χ1n) is 8.58. The average molecular weight is 306 g/mol. The monoisotopic (exact) mass is 305 g/mol. The van der Waals surface area contributed by atoms with Crippen molar-refractivity contribution in [3.05, 3.63) is 35.1 Å². The number of methoxy groups -OCH3 is 1. The van der Waals surface area contributed by atoms with E-state index in [4.69, 9.17) is 4.74 Å². The number of allylic oxidation sites excluding steroid dienone is 5. The van der Waals surface area contributed by atoms with Gasteiger partial charge in [0.05, 0.1) is 7.11 Å². The molecule has 22 heavy (non-hydrogen) atoms. The molecule has 0 heterocycles. The van der Waals surface area contributed by atoms with Crippen molar-refractivity contribution in [2.75, 3.05) is 27.7 Å². The van der Waals surface area contributed by atoms with Gasteiger partial charge in [-0.2, -0.15) is 0 Å². The summed E-state index contributed by atoms with van der Waals surface area (Å²) in [6.07, 6.45) is 13.8. The van der Waals surface area contributed by atoms with E-state index < -0.39 is 0 Å². The fourth-order valence-electron chi connectivity index (χ4n) is 2.68. The Kier molecular flexibility index (Phi) is 7.95. The first-order valence-corrected chi connectivity index (χ1v) is 8.58. The summed E-state index contributed by atoms with van der Waals surface area (Å²) in [5.74, 6) is 1.08. The van der Waals surface area contributed by atoms with Crippen LogP contribution in [0.5, 0.6) is 0 Å². The summed E-state index contributed by atoms with van der Waals surface area (Å²) in [7, 11) is 6.08. The zero-order chi connectivity index (χ0) is 16.6. The smallest absolute Gasteiger partial charge is 0.118 e. The molecular formula is C20H35NO. The van der Waals surface area contributed by atoms with Crippen molar-refractivity contribution < 1.29 is 4.74 Å². The highest BCUT2D eigenvalue weighted by molar-refractivity contribution is 5.30. The van der Waals surface area contributed by atoms with Crippen molar-refractivity contribution >= 4 is 0 Å². The van der Waals surface area contributed by atoms with Crippen LogP contribution in [0.4, 0.5) is 0 Å². The fourth-order valence-corrected chi connectivity index (χ4v) is 2.68. The molecule has 0 radical (unpaired) electrons. The number of ether oxygens (including phenoxy) is 1. The Balaban J connectivity index is 2.68. The summed E-state index contributed by atoms with van der Waals surface area (Å²) in [6, 6.07) is 0. The van der Waals surface area contributed by atoms with Gasteiger partial charge in [0.15, 0.2) is 0 Å². The largest absolute Gasteiger partial charge is 0.497 e. The van der Waals surface area contributed by atoms with Crippen molar-refractivity contribution in [3.63, 3.8) is 0 Å². The van der Waals surface area contributed by atoms with Crippen LogP contribution in [-0.4, -0.2) is 32.6 Å². The van der Waals surface area contributed by atoms with E-state index in [1.54, 1.807) is 12.7 Å². The molecule has 0 bridgehead atoms. The van der Waals surface area contributed by atoms with Gasteiger partial charge in [0.1, 0.15) is 5.76 Å². The lowest BCUT2D eigenvalue weighted by atomic mass is 9.87. The highest BCUT2D eigenvalue weighted by Crippen LogP contribution is 2.29. The van der Waals surface area contributed by atoms with Gasteiger partial charge in [-0.1, -0.05) is 38.5 Å². The Morgan fingerprint density at radius 3 is 2.41 bits per heavy atom. The summed E-state index contributed by atoms with van der Waals surface area (Å²) in [6.45, 7) is 8.08. The van der Waals surface area contributed by atoms with Gasteiger partial charge in [-0.25, -0.2) is 0 Å². The number of hydrogen-bond acceptors (Lipinski definition) is 2. The van der Waals surface area contributed by atoms with Crippen LogP contribution in [0.2, 0.25) is 0 Å². The molecule has 0 spiro atoms. The van der Waals surface area contributed by atoms with Crippen molar-refractivity contribution in [2.24, 2.45) is 5.41 Å². The Bertz CT molecular complexity index is 421. The summed E-state index contributed by atoms with van der Waals surface area (Å²) < 4.78 is 5.61. The quantitative estimate of drug-likeness (QED) is 0.589. The molecule has 0 atom stereocenters. The maximum absolute atomic E-state index is 5.61. The first kappa shape index (κ1) is 19.0. The fraction of sp³-hybridized carbons (Fsp3) is 0.700. The Morgan fingerprint density at radius 1 is 1.09 bits per heavy atom. The molecular weight excluding hydrogens is 270 g/mol. The Morgan fingerprint density at radius 2 is 1.82 bits per heavy atom. The molecule has 2 nitrogen and oxygen atoms in total. The molecule has 0 aromatic rings. The van der Waals surface area contributed by atoms with Crippen LogP contribution in [0, 0.1) is 5.41 Å². The van der Waals surface area contributed by atoms with Gasteiger partial charge >= 0.3 is 0 Å². The molecule has 126 valence electrons. The molecule has 0 N–H and O–H groups in total. The predicted molar refractivity (Wildman–Crippen MR) is 97.0 cm³/mol. The van der Waals surface area contributed by atoms with Crippen molar-refractivity contribution in [3.8, 4) is 0 Å². The lowest BCUT2D eigenvalue weighted by Crippen LogP contribution is -2.13. The minimum atomic E-state index is 0.367. The van der Waals surface area contributed by atoms with Crippen LogP contribution in [0.1, 0.15) is 59.3 Å². The van der Waals surface area contributed by atoms with Crippen LogP contribution in [0.25, 0.3) is 0 Å². The Labute approximate surface area is 137 Å². The van der Waals surface area contributed by atoms with Gasteiger partial charge in [0.25, 0.3) is 0 Å². The van der Waals surface area contributed by atoms with Crippen LogP contribution in [-0.2, 0) is 4.74 Å². The minimum Gasteiger partial charge on any atom is -0.497 e. The third kappa shape index (κ3) is 7.84. The van der Waals surface area contributed by atoms with Gasteiger partial charge in [-0.15, -0.1) is 0 Å². The topological polar surface area (TPSA) is 12.5 Å². The van der Waals surface area contributed by atoms with E-state index >= 15 is 0 Å². The molecule has 0 aromatic carbocycles. The maximum atomic E-state index is 5.61. The molecule has 1 aliphatic carbocycles. The van der Waals surface area contributed by atoms with E-state index in [0.717, 1.165) is 31.6 Å². The molecule has 1 aliphatic rings. The van der Waals surface area contributed by atoms with E-state index in [1.807, 2.05) is 0 Å². The third-order valence-electron chi connectivity index (χ3n) is 4.10. The van der Waals surface area contributed by atoms with Crippen molar-refractivity contribution in [1.82, 2.24) is 4.90 Å². The Hall–Kier alpha value is -1.02. The minimum absolute atomic E-state index is 0.367. The second-order valence-corrected chi connectivity index (χ2v) is 7.77. The lowest BCUT2D eigenvalue weighted by Gasteiger charge is -2.21. The normalized spacial score (nSPS) is 19.0. The van der Waals surface area contributed by atoms with E-state index in [0.29, 0.717) is 5.41 Å². The number of rotatable bonds is 7. The zero-order valence-corrected chi connectivity index (χ0v) is 15.5. The van der Waals surface area contributed by atoms with Crippen LogP contribution >= 0.6 is 0 Å². The highest BCUT2D eigenvalue weighted by atomic mass is 16.5. The van der Waals surface area contributed by atoms with Gasteiger partial charge in [-0.3, -0.25) is 0 Å². The molecule has 0 amide bonds. The number of hydrogen-bond donors (Lipinski definition) is 0. The lowest BCUT2D eigenvalue weighted by molar-refractivity contribution is 0.291. The summed E-state index contributed by atoms with van der Waals surface area (Å²) in [4.78, 5) is 2.26. The van der Waals surface area contributed by atoms with Crippen molar-refractivity contribution in [2.45, 2.75) is 59.3 Å². The van der Waals surface area contributed by atoms with Crippen LogP contribution < -0.4 is 0 Å². The summed E-state index contributed by atoms with van der Waals surface area (Å²) in [5.41, 5.74) is 3.32. The molecule has 1 rings (SSSR count). The zero-order valence-electron chi connectivity index (χ0n) is 15.5. The maximum Gasteiger partial charge on any atom is 0.118 e. The number of nitrogens with zero attached hydrogens (tertiary/aromatic N) is 1. The second kappa shape index (κ2) is 9.19. The van der Waals surface area contributed by atoms with Gasteiger partial charge in [0.2, 0.25) is 0 Å². The SMILES string of the molecule is COC1=CC/C=C(/CCCN(C)C)CC=C1CCC(C)(C)C. The van der Waals surface area contributed by atoms with Gasteiger partial charge in [0, 0.05) is 0 Å². The first-order chi connectivity index (χ1) is 10.3. The van der Waals surface area contributed by atoms with E-state index in [1.165, 1.54) is 24.8 Å². The second-order valence-electron chi connectivity index (χ2n) is 7.77. The summed E-state index contributed by atoms with van der Waals surface area (Å²) in [5, 5.41) is 0. The van der Waals surface area contributed by atoms with Crippen molar-refractivity contribution in [1.29, 1.82) is 0 Å². The molecule has 0 saturated heterocycles. The molecule has 2 heteroatoms. The van der Waals surface area contributed by atoms with Gasteiger partial charge < -0.3 is 9.64 Å². The molecule has 0 saturated carbocycles. The third-order valence-corrected chi connectivity index (χ3v) is 4.10. The van der Waals surface area contributed by atoms with Crippen LogP contribution in [0.15, 0.2) is 35.1 Å². The average Bonchev–Trinajstić information content (AvgIpc) is 2.39. The molecule has 0 aromatic heterocycles. The molecule has 0 aliphatic heterocycles. The standard InChI is InChI=1S/C20H35NO/c1-20(2,3)15-14-18-13-12-17(10-8-16-21(4)5)9-7-11-19(18)22-6/h9,11,13H,7-8,10,12,14-16H2,1-6H3/b17-9-,18-13?,19-11?. The van der Waals surface area contributed by atoms with E-state index in [9.17, 15) is 0 Å². The molecule has 0 unspecified atom stereocenters. The predicted octanol–water partition coefficient (Wildman–Crippen LogP) is 5.33. The van der Waals surface area contributed by atoms with Crippen LogP contribution in [0.3, 0.4) is 0 Å². The van der Waals surface area contributed by atoms with E-state index in [2.05, 4.69) is 58.0 Å². The van der Waals surface area contributed by atoms with E-state index in [-0.39, 0.29) is 0 Å². The highest BCUT2D eigenvalue weighted by Gasteiger charge is 2.14. The molecule has 0 fully saturated rings. The summed E-state index contributed by atoms with van der Waals surface area (Å²) >= 11 is 0.